The molecule has 0 amide bonds. The zero-order chi connectivity index (χ0) is 18.8. The lowest BCUT2D eigenvalue weighted by atomic mass is 9.84. The normalized spacial score (nSPS) is 23.0. The van der Waals surface area contributed by atoms with Gasteiger partial charge in [0.2, 0.25) is 0 Å². The van der Waals surface area contributed by atoms with Crippen LogP contribution in [0.3, 0.4) is 0 Å². The quantitative estimate of drug-likeness (QED) is 0.579. The standard InChI is InChI=1S/C22H30N2O3/c1-26-12-3-2-6-19(25)15-7-8-20-18(14-15)21(22(23)27-20)16-9-11-24-10-4-5-17(24)13-16/h7-8,14,16-17H,2-6,9-13,23H2,1H3. The minimum Gasteiger partial charge on any atom is -0.441 e. The zero-order valence-corrected chi connectivity index (χ0v) is 16.2. The molecule has 0 aliphatic carbocycles. The Morgan fingerprint density at radius 1 is 1.30 bits per heavy atom. The molecule has 1 aromatic heterocycles. The highest BCUT2D eigenvalue weighted by atomic mass is 16.5. The molecule has 146 valence electrons. The summed E-state index contributed by atoms with van der Waals surface area (Å²) < 4.78 is 10.9. The smallest absolute Gasteiger partial charge is 0.195 e. The van der Waals surface area contributed by atoms with Gasteiger partial charge >= 0.3 is 0 Å². The molecule has 1 aromatic carbocycles. The van der Waals surface area contributed by atoms with Crippen LogP contribution >= 0.6 is 0 Å². The fraction of sp³-hybridized carbons (Fsp3) is 0.591. The van der Waals surface area contributed by atoms with Gasteiger partial charge < -0.3 is 19.8 Å². The summed E-state index contributed by atoms with van der Waals surface area (Å²) in [7, 11) is 1.69. The molecule has 2 aromatic rings. The van der Waals surface area contributed by atoms with Crippen molar-refractivity contribution < 1.29 is 13.9 Å². The van der Waals surface area contributed by atoms with E-state index in [-0.39, 0.29) is 5.78 Å². The molecule has 4 rings (SSSR count). The van der Waals surface area contributed by atoms with Gasteiger partial charge in [0.25, 0.3) is 0 Å². The van der Waals surface area contributed by atoms with Gasteiger partial charge in [-0.2, -0.15) is 0 Å². The molecule has 5 heteroatoms. The van der Waals surface area contributed by atoms with Gasteiger partial charge in [-0.15, -0.1) is 0 Å². The number of methoxy groups -OCH3 is 1. The van der Waals surface area contributed by atoms with Crippen molar-refractivity contribution in [2.45, 2.75) is 56.9 Å². The van der Waals surface area contributed by atoms with Gasteiger partial charge in [-0.3, -0.25) is 4.79 Å². The number of hydrogen-bond acceptors (Lipinski definition) is 5. The van der Waals surface area contributed by atoms with E-state index >= 15 is 0 Å². The Morgan fingerprint density at radius 2 is 2.19 bits per heavy atom. The molecular weight excluding hydrogens is 340 g/mol. The first-order valence-corrected chi connectivity index (χ1v) is 10.3. The molecule has 2 aliphatic rings. The molecule has 2 N–H and O–H groups in total. The van der Waals surface area contributed by atoms with Gasteiger partial charge in [-0.1, -0.05) is 0 Å². The first-order chi connectivity index (χ1) is 13.2. The van der Waals surface area contributed by atoms with E-state index in [0.29, 0.717) is 30.9 Å². The number of nitrogens with two attached hydrogens (primary N) is 1. The lowest BCUT2D eigenvalue weighted by molar-refractivity contribution is 0.0975. The summed E-state index contributed by atoms with van der Waals surface area (Å²) in [5, 5.41) is 1.03. The van der Waals surface area contributed by atoms with Crippen LogP contribution in [0.5, 0.6) is 0 Å². The lowest BCUT2D eigenvalue weighted by Crippen LogP contribution is -2.37. The van der Waals surface area contributed by atoms with Gasteiger partial charge in [0, 0.05) is 42.7 Å². The molecule has 5 nitrogen and oxygen atoms in total. The van der Waals surface area contributed by atoms with E-state index in [4.69, 9.17) is 14.9 Å². The molecule has 0 spiro atoms. The first-order valence-electron chi connectivity index (χ1n) is 10.3. The number of anilines is 1. The number of unbranched alkanes of at least 4 members (excludes halogenated alkanes) is 1. The number of furan rings is 1. The predicted molar refractivity (Wildman–Crippen MR) is 107 cm³/mol. The van der Waals surface area contributed by atoms with Crippen LogP contribution in [0.2, 0.25) is 0 Å². The molecular formula is C22H30N2O3. The Bertz CT molecular complexity index is 813. The molecule has 0 radical (unpaired) electrons. The number of benzene rings is 1. The van der Waals surface area contributed by atoms with E-state index in [1.54, 1.807) is 7.11 Å². The van der Waals surface area contributed by atoms with E-state index in [1.165, 1.54) is 19.4 Å². The van der Waals surface area contributed by atoms with Gasteiger partial charge in [0.15, 0.2) is 11.7 Å². The maximum atomic E-state index is 12.6. The lowest BCUT2D eigenvalue weighted by Gasteiger charge is -2.34. The van der Waals surface area contributed by atoms with Gasteiger partial charge in [0.1, 0.15) is 5.58 Å². The van der Waals surface area contributed by atoms with Crippen molar-refractivity contribution in [3.63, 3.8) is 0 Å². The number of hydrogen-bond donors (Lipinski definition) is 1. The molecule has 0 bridgehead atoms. The SMILES string of the molecule is COCCCCC(=O)c1ccc2oc(N)c(C3CCN4CCCC4C3)c2c1. The third-order valence-electron chi connectivity index (χ3n) is 6.31. The van der Waals surface area contributed by atoms with Crippen molar-refractivity contribution in [2.75, 3.05) is 32.5 Å². The number of carbonyl (C=O) groups excluding carboxylic acids is 1. The van der Waals surface area contributed by atoms with Crippen LogP contribution in [0.1, 0.15) is 66.8 Å². The summed E-state index contributed by atoms with van der Waals surface area (Å²) in [4.78, 5) is 15.2. The largest absolute Gasteiger partial charge is 0.441 e. The fourth-order valence-corrected chi connectivity index (χ4v) is 4.89. The number of Topliss-reactive ketones (excluding diaryl/α,β-unsaturated/α-hetero) is 1. The highest BCUT2D eigenvalue weighted by Crippen LogP contribution is 2.42. The summed E-state index contributed by atoms with van der Waals surface area (Å²) in [6.45, 7) is 3.08. The maximum absolute atomic E-state index is 12.6. The Labute approximate surface area is 160 Å². The van der Waals surface area contributed by atoms with E-state index in [9.17, 15) is 4.79 Å². The Kier molecular flexibility index (Phi) is 5.50. The molecule has 0 saturated carbocycles. The van der Waals surface area contributed by atoms with Crippen molar-refractivity contribution in [3.8, 4) is 0 Å². The Morgan fingerprint density at radius 3 is 3.04 bits per heavy atom. The number of piperidine rings is 1. The number of fused-ring (bicyclic) bond motifs is 2. The summed E-state index contributed by atoms with van der Waals surface area (Å²) in [6, 6.07) is 6.46. The topological polar surface area (TPSA) is 68.7 Å². The van der Waals surface area contributed by atoms with E-state index in [0.717, 1.165) is 54.3 Å². The summed E-state index contributed by atoms with van der Waals surface area (Å²) >= 11 is 0. The number of ketones is 1. The molecule has 2 unspecified atom stereocenters. The van der Waals surface area contributed by atoms with E-state index in [1.807, 2.05) is 18.2 Å². The minimum atomic E-state index is 0.185. The van der Waals surface area contributed by atoms with Crippen molar-refractivity contribution in [1.82, 2.24) is 4.90 Å². The zero-order valence-electron chi connectivity index (χ0n) is 16.2. The van der Waals surface area contributed by atoms with Crippen LogP contribution in [0.15, 0.2) is 22.6 Å². The second-order valence-corrected chi connectivity index (χ2v) is 8.02. The van der Waals surface area contributed by atoms with Crippen molar-refractivity contribution in [2.24, 2.45) is 0 Å². The number of nitrogens with zero attached hydrogens (tertiary/aromatic N) is 1. The highest BCUT2D eigenvalue weighted by molar-refractivity contribution is 6.00. The van der Waals surface area contributed by atoms with Gasteiger partial charge in [-0.05, 0) is 75.7 Å². The monoisotopic (exact) mass is 370 g/mol. The van der Waals surface area contributed by atoms with Crippen LogP contribution in [-0.2, 0) is 4.74 Å². The van der Waals surface area contributed by atoms with Crippen LogP contribution in [0.25, 0.3) is 11.0 Å². The first kappa shape index (κ1) is 18.5. The van der Waals surface area contributed by atoms with E-state index < -0.39 is 0 Å². The average Bonchev–Trinajstić information content (AvgIpc) is 3.26. The second kappa shape index (κ2) is 8.03. The number of nitrogen functional groups attached to an aromatic ring is 1. The van der Waals surface area contributed by atoms with E-state index in [2.05, 4.69) is 4.90 Å². The molecule has 2 saturated heterocycles. The highest BCUT2D eigenvalue weighted by Gasteiger charge is 2.34. The summed E-state index contributed by atoms with van der Waals surface area (Å²) in [6.07, 6.45) is 7.17. The average molecular weight is 370 g/mol. The van der Waals surface area contributed by atoms with Gasteiger partial charge in [0.05, 0.1) is 0 Å². The summed E-state index contributed by atoms with van der Waals surface area (Å²) in [5.41, 5.74) is 8.97. The van der Waals surface area contributed by atoms with Crippen LogP contribution in [0, 0.1) is 0 Å². The second-order valence-electron chi connectivity index (χ2n) is 8.02. The van der Waals surface area contributed by atoms with Crippen LogP contribution in [0.4, 0.5) is 5.88 Å². The summed E-state index contributed by atoms with van der Waals surface area (Å²) in [5.74, 6) is 1.15. The van der Waals surface area contributed by atoms with Crippen molar-refractivity contribution in [3.05, 3.63) is 29.3 Å². The minimum absolute atomic E-state index is 0.185. The molecule has 2 atom stereocenters. The Hall–Kier alpha value is -1.85. The van der Waals surface area contributed by atoms with Crippen LogP contribution in [-0.4, -0.2) is 43.5 Å². The number of carbonyl (C=O) groups is 1. The predicted octanol–water partition coefficient (Wildman–Crippen LogP) is 4.36. The third-order valence-corrected chi connectivity index (χ3v) is 6.31. The van der Waals surface area contributed by atoms with Crippen molar-refractivity contribution in [1.29, 1.82) is 0 Å². The number of ether oxygens (including phenoxy) is 1. The fourth-order valence-electron chi connectivity index (χ4n) is 4.89. The Balaban J connectivity index is 1.56. The number of rotatable bonds is 7. The molecule has 2 fully saturated rings. The van der Waals surface area contributed by atoms with Gasteiger partial charge in [-0.25, -0.2) is 0 Å². The molecule has 2 aliphatic heterocycles. The van der Waals surface area contributed by atoms with Crippen molar-refractivity contribution >= 4 is 22.6 Å². The molecule has 27 heavy (non-hydrogen) atoms. The maximum Gasteiger partial charge on any atom is 0.195 e. The van der Waals surface area contributed by atoms with Crippen LogP contribution < -0.4 is 5.73 Å². The third kappa shape index (κ3) is 3.76. The molecule has 3 heterocycles.